The van der Waals surface area contributed by atoms with Crippen LogP contribution >= 0.6 is 0 Å². The molecule has 0 spiro atoms. The van der Waals surface area contributed by atoms with E-state index < -0.39 is 6.09 Å². The molecule has 5 rings (SSSR count). The summed E-state index contributed by atoms with van der Waals surface area (Å²) < 4.78 is 34.8. The summed E-state index contributed by atoms with van der Waals surface area (Å²) in [6, 6.07) is 33.0. The van der Waals surface area contributed by atoms with Gasteiger partial charge in [0.2, 0.25) is 0 Å². The Morgan fingerprint density at radius 2 is 1.15 bits per heavy atom. The quantitative estimate of drug-likeness (QED) is 0.129. The average molecular weight is 642 g/mol. The monoisotopic (exact) mass is 641 g/mol. The summed E-state index contributed by atoms with van der Waals surface area (Å²) in [5, 5.41) is 10.0. The van der Waals surface area contributed by atoms with Gasteiger partial charge >= 0.3 is 6.09 Å². The molecule has 0 radical (unpaired) electrons. The zero-order valence-electron chi connectivity index (χ0n) is 27.0. The van der Waals surface area contributed by atoms with Crippen molar-refractivity contribution < 1.29 is 38.3 Å². The van der Waals surface area contributed by atoms with Crippen molar-refractivity contribution in [3.63, 3.8) is 0 Å². The summed E-state index contributed by atoms with van der Waals surface area (Å²) in [5.41, 5.74) is 2.24. The van der Waals surface area contributed by atoms with Gasteiger partial charge in [0.05, 0.1) is 47.3 Å². The van der Waals surface area contributed by atoms with Gasteiger partial charge in [-0.25, -0.2) is 4.79 Å². The van der Waals surface area contributed by atoms with Crippen LogP contribution in [0, 0.1) is 11.8 Å². The molecule has 248 valence electrons. The summed E-state index contributed by atoms with van der Waals surface area (Å²) in [6.45, 7) is 3.10. The first-order valence-corrected chi connectivity index (χ1v) is 15.9. The van der Waals surface area contributed by atoms with Crippen LogP contribution < -0.4 is 23.7 Å². The lowest BCUT2D eigenvalue weighted by Gasteiger charge is -2.43. The zero-order valence-corrected chi connectivity index (χ0v) is 27.0. The largest absolute Gasteiger partial charge is 0.497 e. The predicted molar refractivity (Wildman–Crippen MR) is 179 cm³/mol. The van der Waals surface area contributed by atoms with Crippen LogP contribution in [-0.2, 0) is 11.3 Å². The zero-order chi connectivity index (χ0) is 32.8. The lowest BCUT2D eigenvalue weighted by molar-refractivity contribution is 0.0472. The molecule has 3 atom stereocenters. The third-order valence-electron chi connectivity index (χ3n) is 8.32. The number of likely N-dealkylation sites (tertiary alicyclic amines) is 1. The summed E-state index contributed by atoms with van der Waals surface area (Å²) in [4.78, 5) is 13.7. The minimum atomic E-state index is -0.955. The highest BCUT2D eigenvalue weighted by Gasteiger charge is 2.40. The van der Waals surface area contributed by atoms with Crippen LogP contribution in [0.1, 0.15) is 23.5 Å². The normalized spacial score (nSPS) is 17.5. The molecule has 0 saturated carbocycles. The highest BCUT2D eigenvalue weighted by atomic mass is 16.5. The molecule has 4 aromatic carbocycles. The highest BCUT2D eigenvalue weighted by Crippen LogP contribution is 2.39. The molecule has 1 saturated heterocycles. The van der Waals surface area contributed by atoms with E-state index in [1.165, 1.54) is 4.90 Å². The van der Waals surface area contributed by atoms with Crippen molar-refractivity contribution in [3.05, 3.63) is 114 Å². The standard InChI is InChI=1S/C38H43NO8/c1-42-32-13-17-35(18-14-32)46-26-30-23-39(38(40)41)24-31(27-47-36-19-15-33(43-2)16-20-36)37(30)29-9-11-34(12-10-29)45-22-6-21-44-25-28-7-4-3-5-8-28/h3-5,7-20,30-31,37H,6,21-27H2,1-2H3,(H,40,41)/t30-,31+,37+. The maximum Gasteiger partial charge on any atom is 0.407 e. The number of methoxy groups -OCH3 is 2. The van der Waals surface area contributed by atoms with Crippen molar-refractivity contribution >= 4 is 6.09 Å². The lowest BCUT2D eigenvalue weighted by Crippen LogP contribution is -2.50. The fourth-order valence-electron chi connectivity index (χ4n) is 5.92. The van der Waals surface area contributed by atoms with Gasteiger partial charge in [-0.05, 0) is 77.7 Å². The number of rotatable bonds is 16. The van der Waals surface area contributed by atoms with Crippen LogP contribution in [-0.4, -0.2) is 69.8 Å². The van der Waals surface area contributed by atoms with Crippen LogP contribution in [0.2, 0.25) is 0 Å². The van der Waals surface area contributed by atoms with Gasteiger partial charge in [-0.15, -0.1) is 0 Å². The van der Waals surface area contributed by atoms with Crippen LogP contribution in [0.25, 0.3) is 0 Å². The van der Waals surface area contributed by atoms with Gasteiger partial charge < -0.3 is 38.4 Å². The van der Waals surface area contributed by atoms with Gasteiger partial charge in [0, 0.05) is 31.3 Å². The maximum atomic E-state index is 12.3. The van der Waals surface area contributed by atoms with Gasteiger partial charge in [0.15, 0.2) is 0 Å². The molecule has 47 heavy (non-hydrogen) atoms. The van der Waals surface area contributed by atoms with E-state index >= 15 is 0 Å². The number of nitrogens with zero attached hydrogens (tertiary/aromatic N) is 1. The number of hydrogen-bond acceptors (Lipinski definition) is 7. The van der Waals surface area contributed by atoms with Gasteiger partial charge in [-0.3, -0.25) is 0 Å². The minimum absolute atomic E-state index is 0.0254. The second kappa shape index (κ2) is 17.1. The van der Waals surface area contributed by atoms with Gasteiger partial charge in [-0.2, -0.15) is 0 Å². The fraction of sp³-hybridized carbons (Fsp3) is 0.342. The first-order valence-electron chi connectivity index (χ1n) is 15.9. The summed E-state index contributed by atoms with van der Waals surface area (Å²) in [6.07, 6.45) is -0.179. The van der Waals surface area contributed by atoms with Crippen LogP contribution in [0.15, 0.2) is 103 Å². The fourth-order valence-corrected chi connectivity index (χ4v) is 5.92. The molecule has 9 nitrogen and oxygen atoms in total. The van der Waals surface area contributed by atoms with E-state index in [9.17, 15) is 9.90 Å². The summed E-state index contributed by atoms with van der Waals surface area (Å²) in [7, 11) is 3.24. The molecule has 0 aromatic heterocycles. The Hall–Kier alpha value is -4.89. The molecule has 4 aromatic rings. The molecule has 1 aliphatic heterocycles. The number of amides is 1. The van der Waals surface area contributed by atoms with Gasteiger partial charge in [-0.1, -0.05) is 42.5 Å². The number of piperidine rings is 1. The topological polar surface area (TPSA) is 95.9 Å². The van der Waals surface area contributed by atoms with Crippen LogP contribution in [0.5, 0.6) is 28.7 Å². The first kappa shape index (κ1) is 33.5. The van der Waals surface area contributed by atoms with Crippen LogP contribution in [0.4, 0.5) is 4.79 Å². The van der Waals surface area contributed by atoms with Crippen molar-refractivity contribution in [2.75, 3.05) is 53.7 Å². The van der Waals surface area contributed by atoms with E-state index in [0.29, 0.717) is 57.6 Å². The van der Waals surface area contributed by atoms with Crippen molar-refractivity contribution in [1.29, 1.82) is 0 Å². The Kier molecular flexibility index (Phi) is 12.2. The molecule has 0 aliphatic carbocycles. The first-order chi connectivity index (χ1) is 23.0. The van der Waals surface area contributed by atoms with Crippen molar-refractivity contribution in [1.82, 2.24) is 4.90 Å². The Bertz CT molecular complexity index is 1430. The summed E-state index contributed by atoms with van der Waals surface area (Å²) >= 11 is 0. The molecular weight excluding hydrogens is 598 g/mol. The number of ether oxygens (including phenoxy) is 6. The number of benzene rings is 4. The Morgan fingerprint density at radius 1 is 0.660 bits per heavy atom. The van der Waals surface area contributed by atoms with E-state index in [0.717, 1.165) is 34.8 Å². The van der Waals surface area contributed by atoms with E-state index in [4.69, 9.17) is 28.4 Å². The maximum absolute atomic E-state index is 12.3. The molecule has 0 unspecified atom stereocenters. The van der Waals surface area contributed by atoms with E-state index in [1.807, 2.05) is 78.9 Å². The average Bonchev–Trinajstić information content (AvgIpc) is 3.12. The summed E-state index contributed by atoms with van der Waals surface area (Å²) in [5.74, 6) is 3.36. The van der Waals surface area contributed by atoms with Crippen molar-refractivity contribution in [3.8, 4) is 28.7 Å². The van der Waals surface area contributed by atoms with E-state index in [-0.39, 0.29) is 17.8 Å². The lowest BCUT2D eigenvalue weighted by atomic mass is 9.74. The SMILES string of the molecule is COc1ccc(OC[C@@H]2CN(C(=O)O)C[C@H](COc3ccc(OC)cc3)[C@@H]2c2ccc(OCCCOCc3ccccc3)cc2)cc1. The predicted octanol–water partition coefficient (Wildman–Crippen LogP) is 7.16. The molecule has 1 aliphatic rings. The van der Waals surface area contributed by atoms with Crippen LogP contribution in [0.3, 0.4) is 0 Å². The second-order valence-corrected chi connectivity index (χ2v) is 11.5. The Morgan fingerprint density at radius 3 is 1.66 bits per heavy atom. The molecule has 1 heterocycles. The molecule has 0 bridgehead atoms. The third-order valence-corrected chi connectivity index (χ3v) is 8.32. The van der Waals surface area contributed by atoms with E-state index in [2.05, 4.69) is 24.3 Å². The third kappa shape index (κ3) is 9.80. The van der Waals surface area contributed by atoms with Gasteiger partial charge in [0.1, 0.15) is 28.7 Å². The molecule has 1 amide bonds. The molecular formula is C38H43NO8. The number of hydrogen-bond donors (Lipinski definition) is 1. The second-order valence-electron chi connectivity index (χ2n) is 11.5. The van der Waals surface area contributed by atoms with Crippen molar-refractivity contribution in [2.24, 2.45) is 11.8 Å². The van der Waals surface area contributed by atoms with E-state index in [1.54, 1.807) is 14.2 Å². The Labute approximate surface area is 276 Å². The Balaban J connectivity index is 1.26. The highest BCUT2D eigenvalue weighted by molar-refractivity contribution is 5.65. The molecule has 9 heteroatoms. The number of carboxylic acid groups (broad SMARTS) is 1. The minimum Gasteiger partial charge on any atom is -0.497 e. The van der Waals surface area contributed by atoms with Crippen molar-refractivity contribution in [2.45, 2.75) is 18.9 Å². The molecule has 1 fully saturated rings. The molecule has 1 N–H and O–H groups in total. The smallest absolute Gasteiger partial charge is 0.407 e. The van der Waals surface area contributed by atoms with Gasteiger partial charge in [0.25, 0.3) is 0 Å². The number of carbonyl (C=O) groups is 1.